The molecule has 0 amide bonds. The Hall–Kier alpha value is -0.140. The molecule has 0 heterocycles. The fraction of sp³-hybridized carbons (Fsp3) is 0.538. The lowest BCUT2D eigenvalue weighted by molar-refractivity contribution is 0.723. The van der Waals surface area contributed by atoms with E-state index in [1.807, 2.05) is 11.8 Å². The summed E-state index contributed by atoms with van der Waals surface area (Å²) in [5, 5.41) is 0.402. The zero-order valence-corrected chi connectivity index (χ0v) is 10.7. The molecule has 0 saturated heterocycles. The maximum atomic E-state index is 6.15. The number of hydrogen-bond acceptors (Lipinski definition) is 1. The van der Waals surface area contributed by atoms with Crippen LogP contribution in [0.2, 0.25) is 0 Å². The van der Waals surface area contributed by atoms with Gasteiger partial charge in [-0.15, -0.1) is 11.6 Å². The highest BCUT2D eigenvalue weighted by molar-refractivity contribution is 7.97. The van der Waals surface area contributed by atoms with Gasteiger partial charge in [0.2, 0.25) is 0 Å². The van der Waals surface area contributed by atoms with Crippen LogP contribution in [-0.4, -0.2) is 11.6 Å². The smallest absolute Gasteiger partial charge is 0.0342 e. The summed E-state index contributed by atoms with van der Waals surface area (Å²) in [5.74, 6) is 1.82. The van der Waals surface area contributed by atoms with Crippen LogP contribution in [0.5, 0.6) is 0 Å². The third-order valence-electron chi connectivity index (χ3n) is 3.10. The summed E-state index contributed by atoms with van der Waals surface area (Å²) in [6, 6.07) is 9.01. The van der Waals surface area contributed by atoms with E-state index in [9.17, 15) is 0 Å². The van der Waals surface area contributed by atoms with Crippen LogP contribution in [0.4, 0.5) is 0 Å². The number of hydrogen-bond donors (Lipinski definition) is 0. The molecule has 2 unspecified atom stereocenters. The minimum Gasteiger partial charge on any atom is -0.161 e. The Morgan fingerprint density at radius 3 is 2.93 bits per heavy atom. The Labute approximate surface area is 101 Å². The van der Waals surface area contributed by atoms with Gasteiger partial charge in [0.1, 0.15) is 0 Å². The zero-order valence-electron chi connectivity index (χ0n) is 9.08. The molecule has 0 N–H and O–H groups in total. The molecule has 1 fully saturated rings. The van der Waals surface area contributed by atoms with E-state index in [4.69, 9.17) is 11.6 Å². The minimum absolute atomic E-state index is 0.402. The van der Waals surface area contributed by atoms with Crippen LogP contribution in [0.25, 0.3) is 0 Å². The fourth-order valence-corrected chi connectivity index (χ4v) is 3.19. The Morgan fingerprint density at radius 2 is 2.27 bits per heavy atom. The third-order valence-corrected chi connectivity index (χ3v) is 4.12. The quantitative estimate of drug-likeness (QED) is 0.705. The van der Waals surface area contributed by atoms with Crippen LogP contribution in [0.3, 0.4) is 0 Å². The monoisotopic (exact) mass is 240 g/mol. The molecular formula is C13H17ClS. The molecule has 0 aliphatic heterocycles. The van der Waals surface area contributed by atoms with Gasteiger partial charge in [0, 0.05) is 11.1 Å². The highest BCUT2D eigenvalue weighted by atomic mass is 35.5. The number of thioether (sulfide) groups is 1. The van der Waals surface area contributed by atoms with Crippen molar-refractivity contribution in [3.63, 3.8) is 0 Å². The van der Waals surface area contributed by atoms with Crippen LogP contribution in [0.1, 0.15) is 36.3 Å². The van der Waals surface area contributed by atoms with Crippen molar-refractivity contribution < 1.29 is 0 Å². The van der Waals surface area contributed by atoms with E-state index < -0.39 is 0 Å². The maximum Gasteiger partial charge on any atom is 0.0342 e. The summed E-state index contributed by atoms with van der Waals surface area (Å²) in [6.07, 6.45) is 5.75. The molecule has 0 bridgehead atoms. The average molecular weight is 241 g/mol. The molecule has 82 valence electrons. The summed E-state index contributed by atoms with van der Waals surface area (Å²) in [6.45, 7) is 0. The van der Waals surface area contributed by atoms with Gasteiger partial charge in [0.15, 0.2) is 0 Å². The van der Waals surface area contributed by atoms with Crippen molar-refractivity contribution in [2.75, 3.05) is 6.26 Å². The normalized spacial score (nSPS) is 25.7. The Balaban J connectivity index is 2.10. The lowest BCUT2D eigenvalue weighted by Crippen LogP contribution is -1.95. The zero-order chi connectivity index (χ0) is 10.7. The second kappa shape index (κ2) is 5.27. The lowest BCUT2D eigenvalue weighted by atomic mass is 9.96. The van der Waals surface area contributed by atoms with Gasteiger partial charge in [0.05, 0.1) is 0 Å². The second-order valence-electron chi connectivity index (χ2n) is 4.29. The molecule has 1 saturated carbocycles. The molecule has 0 radical (unpaired) electrons. The van der Waals surface area contributed by atoms with E-state index in [-0.39, 0.29) is 0 Å². The average Bonchev–Trinajstić information content (AvgIpc) is 2.66. The van der Waals surface area contributed by atoms with Gasteiger partial charge in [-0.2, -0.15) is 11.8 Å². The standard InChI is InChI=1S/C13H17ClS/c1-15-9-10-3-2-4-11(7-10)12-5-6-13(14)8-12/h2-4,7,12-13H,5-6,8-9H2,1H3. The molecule has 1 aromatic carbocycles. The van der Waals surface area contributed by atoms with Crippen LogP contribution >= 0.6 is 23.4 Å². The maximum absolute atomic E-state index is 6.15. The summed E-state index contributed by atoms with van der Waals surface area (Å²) >= 11 is 8.03. The van der Waals surface area contributed by atoms with Gasteiger partial charge in [-0.25, -0.2) is 0 Å². The first-order valence-corrected chi connectivity index (χ1v) is 7.34. The number of benzene rings is 1. The first-order valence-electron chi connectivity index (χ1n) is 5.51. The molecule has 15 heavy (non-hydrogen) atoms. The molecule has 1 aliphatic carbocycles. The summed E-state index contributed by atoms with van der Waals surface area (Å²) in [7, 11) is 0. The predicted octanol–water partition coefficient (Wildman–Crippen LogP) is 4.42. The Kier molecular flexibility index (Phi) is 3.99. The largest absolute Gasteiger partial charge is 0.161 e. The SMILES string of the molecule is CSCc1cccc(C2CCC(Cl)C2)c1. The van der Waals surface area contributed by atoms with E-state index in [1.54, 1.807) is 0 Å². The lowest BCUT2D eigenvalue weighted by Gasteiger charge is -2.11. The molecule has 0 spiro atoms. The van der Waals surface area contributed by atoms with E-state index >= 15 is 0 Å². The highest BCUT2D eigenvalue weighted by Gasteiger charge is 2.24. The molecule has 0 aromatic heterocycles. The molecule has 2 heteroatoms. The number of rotatable bonds is 3. The minimum atomic E-state index is 0.402. The fourth-order valence-electron chi connectivity index (χ4n) is 2.33. The molecule has 0 nitrogen and oxygen atoms in total. The Morgan fingerprint density at radius 1 is 1.40 bits per heavy atom. The van der Waals surface area contributed by atoms with Crippen molar-refractivity contribution in [2.24, 2.45) is 0 Å². The topological polar surface area (TPSA) is 0 Å². The second-order valence-corrected chi connectivity index (χ2v) is 5.77. The highest BCUT2D eigenvalue weighted by Crippen LogP contribution is 2.37. The van der Waals surface area contributed by atoms with E-state index in [0.717, 1.165) is 12.2 Å². The Bertz CT molecular complexity index is 324. The first kappa shape index (κ1) is 11.3. The summed E-state index contributed by atoms with van der Waals surface area (Å²) < 4.78 is 0. The summed E-state index contributed by atoms with van der Waals surface area (Å²) in [4.78, 5) is 0. The van der Waals surface area contributed by atoms with Gasteiger partial charge >= 0.3 is 0 Å². The molecule has 2 atom stereocenters. The van der Waals surface area contributed by atoms with Crippen molar-refractivity contribution in [3.8, 4) is 0 Å². The predicted molar refractivity (Wildman–Crippen MR) is 69.9 cm³/mol. The summed E-state index contributed by atoms with van der Waals surface area (Å²) in [5.41, 5.74) is 2.93. The van der Waals surface area contributed by atoms with Crippen molar-refractivity contribution in [2.45, 2.75) is 36.3 Å². The van der Waals surface area contributed by atoms with E-state index in [2.05, 4.69) is 30.5 Å². The van der Waals surface area contributed by atoms with Crippen LogP contribution in [-0.2, 0) is 5.75 Å². The van der Waals surface area contributed by atoms with Gasteiger partial charge < -0.3 is 0 Å². The molecule has 2 rings (SSSR count). The first-order chi connectivity index (χ1) is 7.29. The van der Waals surface area contributed by atoms with Crippen LogP contribution < -0.4 is 0 Å². The van der Waals surface area contributed by atoms with Crippen molar-refractivity contribution in [1.29, 1.82) is 0 Å². The number of alkyl halides is 1. The van der Waals surface area contributed by atoms with Crippen molar-refractivity contribution in [3.05, 3.63) is 35.4 Å². The third kappa shape index (κ3) is 2.92. The number of halogens is 1. The molecular weight excluding hydrogens is 224 g/mol. The van der Waals surface area contributed by atoms with Crippen molar-refractivity contribution >= 4 is 23.4 Å². The van der Waals surface area contributed by atoms with Gasteiger partial charge in [0.25, 0.3) is 0 Å². The van der Waals surface area contributed by atoms with E-state index in [1.165, 1.54) is 24.0 Å². The van der Waals surface area contributed by atoms with Crippen LogP contribution in [0, 0.1) is 0 Å². The van der Waals surface area contributed by atoms with Gasteiger partial charge in [-0.3, -0.25) is 0 Å². The van der Waals surface area contributed by atoms with E-state index in [0.29, 0.717) is 11.3 Å². The molecule has 1 aromatic rings. The van der Waals surface area contributed by atoms with Crippen molar-refractivity contribution in [1.82, 2.24) is 0 Å². The van der Waals surface area contributed by atoms with Crippen LogP contribution in [0.15, 0.2) is 24.3 Å². The van der Waals surface area contributed by atoms with Gasteiger partial charge in [-0.05, 0) is 42.6 Å². The molecule has 1 aliphatic rings. The van der Waals surface area contributed by atoms with Gasteiger partial charge in [-0.1, -0.05) is 24.3 Å².